The summed E-state index contributed by atoms with van der Waals surface area (Å²) >= 11 is 5.08. The van der Waals surface area contributed by atoms with Crippen molar-refractivity contribution in [3.05, 3.63) is 59.9 Å². The minimum Gasteiger partial charge on any atom is -0.332 e. The Balaban J connectivity index is 2.02. The zero-order valence-corrected chi connectivity index (χ0v) is 14.6. The Hall–Kier alpha value is -2.80. The number of hydrogen-bond acceptors (Lipinski definition) is 3. The van der Waals surface area contributed by atoms with Crippen molar-refractivity contribution in [3.63, 3.8) is 0 Å². The van der Waals surface area contributed by atoms with Crippen LogP contribution in [0, 0.1) is 11.7 Å². The number of amides is 2. The minimum atomic E-state index is -0.374. The summed E-state index contributed by atoms with van der Waals surface area (Å²) in [6, 6.07) is 12.1. The van der Waals surface area contributed by atoms with Gasteiger partial charge in [0.15, 0.2) is 5.11 Å². The van der Waals surface area contributed by atoms with Crippen LogP contribution in [0.1, 0.15) is 24.2 Å². The van der Waals surface area contributed by atoms with Gasteiger partial charge in [-0.1, -0.05) is 19.9 Å². The molecule has 25 heavy (non-hydrogen) atoms. The molecular weight excluding hydrogens is 341 g/mol. The molecule has 7 heteroatoms. The Kier molecular flexibility index (Phi) is 6.19. The van der Waals surface area contributed by atoms with E-state index in [1.54, 1.807) is 38.1 Å². The molecular formula is C18H18FN3O2S. The lowest BCUT2D eigenvalue weighted by Gasteiger charge is -2.12. The van der Waals surface area contributed by atoms with Gasteiger partial charge in [-0.2, -0.15) is 0 Å². The number of halogens is 1. The fraction of sp³-hybridized carbons (Fsp3) is 0.167. The smallest absolute Gasteiger partial charge is 0.255 e. The Bertz CT molecular complexity index is 791. The normalized spacial score (nSPS) is 10.2. The summed E-state index contributed by atoms with van der Waals surface area (Å²) in [4.78, 5) is 23.9. The van der Waals surface area contributed by atoms with Gasteiger partial charge in [0, 0.05) is 22.9 Å². The van der Waals surface area contributed by atoms with Gasteiger partial charge in [-0.05, 0) is 54.7 Å². The summed E-state index contributed by atoms with van der Waals surface area (Å²) in [6.45, 7) is 3.52. The topological polar surface area (TPSA) is 70.2 Å². The van der Waals surface area contributed by atoms with Gasteiger partial charge in [0.25, 0.3) is 5.91 Å². The molecule has 0 bridgehead atoms. The Morgan fingerprint density at radius 2 is 1.68 bits per heavy atom. The van der Waals surface area contributed by atoms with Crippen LogP contribution in [0.15, 0.2) is 48.5 Å². The third-order valence-electron chi connectivity index (χ3n) is 3.25. The predicted octanol–water partition coefficient (Wildman–Crippen LogP) is 3.55. The van der Waals surface area contributed by atoms with E-state index in [0.29, 0.717) is 16.9 Å². The summed E-state index contributed by atoms with van der Waals surface area (Å²) in [5.74, 6) is -1.09. The second-order valence-electron chi connectivity index (χ2n) is 5.64. The first-order chi connectivity index (χ1) is 11.8. The molecule has 2 rings (SSSR count). The average Bonchev–Trinajstić information content (AvgIpc) is 2.57. The van der Waals surface area contributed by atoms with Crippen LogP contribution in [0.25, 0.3) is 0 Å². The lowest BCUT2D eigenvalue weighted by Crippen LogP contribution is -2.36. The average molecular weight is 359 g/mol. The van der Waals surface area contributed by atoms with E-state index in [2.05, 4.69) is 16.0 Å². The highest BCUT2D eigenvalue weighted by Crippen LogP contribution is 2.14. The first-order valence-corrected chi connectivity index (χ1v) is 8.05. The molecule has 0 aliphatic heterocycles. The van der Waals surface area contributed by atoms with Crippen LogP contribution in [0.3, 0.4) is 0 Å². The molecule has 0 unspecified atom stereocenters. The maximum atomic E-state index is 12.9. The highest BCUT2D eigenvalue weighted by Gasteiger charge is 2.10. The summed E-state index contributed by atoms with van der Waals surface area (Å²) < 4.78 is 12.9. The van der Waals surface area contributed by atoms with E-state index in [-0.39, 0.29) is 28.7 Å². The van der Waals surface area contributed by atoms with Crippen LogP contribution in [0.5, 0.6) is 0 Å². The van der Waals surface area contributed by atoms with Crippen LogP contribution in [0.2, 0.25) is 0 Å². The fourth-order valence-electron chi connectivity index (χ4n) is 1.89. The van der Waals surface area contributed by atoms with E-state index in [9.17, 15) is 14.0 Å². The van der Waals surface area contributed by atoms with Gasteiger partial charge in [0.2, 0.25) is 5.91 Å². The molecule has 0 aliphatic carbocycles. The largest absolute Gasteiger partial charge is 0.332 e. The summed E-state index contributed by atoms with van der Waals surface area (Å²) in [5.41, 5.74) is 1.46. The lowest BCUT2D eigenvalue weighted by molar-refractivity contribution is -0.122. The number of nitrogens with one attached hydrogen (secondary N) is 3. The van der Waals surface area contributed by atoms with E-state index in [0.717, 1.165) is 0 Å². The molecule has 3 N–H and O–H groups in total. The van der Waals surface area contributed by atoms with Crippen molar-refractivity contribution in [1.82, 2.24) is 5.32 Å². The van der Waals surface area contributed by atoms with E-state index < -0.39 is 0 Å². The zero-order chi connectivity index (χ0) is 18.4. The van der Waals surface area contributed by atoms with Crippen molar-refractivity contribution in [2.75, 3.05) is 10.6 Å². The predicted molar refractivity (Wildman–Crippen MR) is 100.0 cm³/mol. The summed E-state index contributed by atoms with van der Waals surface area (Å²) in [6.07, 6.45) is 0. The number of rotatable bonds is 4. The molecule has 130 valence electrons. The molecule has 0 atom stereocenters. The lowest BCUT2D eigenvalue weighted by atomic mass is 10.2. The highest BCUT2D eigenvalue weighted by molar-refractivity contribution is 7.80. The van der Waals surface area contributed by atoms with Crippen molar-refractivity contribution in [1.29, 1.82) is 0 Å². The van der Waals surface area contributed by atoms with Crippen molar-refractivity contribution in [3.8, 4) is 0 Å². The summed E-state index contributed by atoms with van der Waals surface area (Å²) in [7, 11) is 0. The number of carbonyl (C=O) groups excluding carboxylic acids is 2. The van der Waals surface area contributed by atoms with Gasteiger partial charge >= 0.3 is 0 Å². The van der Waals surface area contributed by atoms with Gasteiger partial charge in [-0.25, -0.2) is 4.39 Å². The van der Waals surface area contributed by atoms with Gasteiger partial charge < -0.3 is 16.0 Å². The number of benzene rings is 2. The van der Waals surface area contributed by atoms with Gasteiger partial charge in [0.05, 0.1) is 0 Å². The van der Waals surface area contributed by atoms with Crippen LogP contribution in [0.4, 0.5) is 15.8 Å². The second kappa shape index (κ2) is 8.34. The first-order valence-electron chi connectivity index (χ1n) is 7.64. The molecule has 0 radical (unpaired) electrons. The summed E-state index contributed by atoms with van der Waals surface area (Å²) in [5, 5.41) is 8.27. The van der Waals surface area contributed by atoms with Crippen molar-refractivity contribution < 1.29 is 14.0 Å². The Labute approximate surface area is 150 Å². The molecule has 2 amide bonds. The first kappa shape index (κ1) is 18.5. The second-order valence-corrected chi connectivity index (χ2v) is 6.05. The number of thiocarbonyl (C=S) groups is 1. The standard InChI is InChI=1S/C18H18FN3O2S/c1-11(2)16(23)22-18(25)21-15-5-3-4-12(10-15)17(24)20-14-8-6-13(19)7-9-14/h3-11H,1-2H3,(H,20,24)(H2,21,22,23,25). The zero-order valence-electron chi connectivity index (χ0n) is 13.8. The quantitative estimate of drug-likeness (QED) is 0.730. The van der Waals surface area contributed by atoms with Crippen LogP contribution in [-0.2, 0) is 4.79 Å². The third-order valence-corrected chi connectivity index (χ3v) is 3.45. The van der Waals surface area contributed by atoms with Gasteiger partial charge in [-0.15, -0.1) is 0 Å². The molecule has 0 saturated heterocycles. The van der Waals surface area contributed by atoms with Gasteiger partial charge in [0.1, 0.15) is 5.82 Å². The Morgan fingerprint density at radius 1 is 1.00 bits per heavy atom. The van der Waals surface area contributed by atoms with Crippen LogP contribution < -0.4 is 16.0 Å². The number of carbonyl (C=O) groups is 2. The minimum absolute atomic E-state index is 0.162. The number of anilines is 2. The third kappa shape index (κ3) is 5.65. The molecule has 0 aliphatic rings. The SMILES string of the molecule is CC(C)C(=O)NC(=S)Nc1cccc(C(=O)Nc2ccc(F)cc2)c1. The monoisotopic (exact) mass is 359 g/mol. The number of hydrogen-bond donors (Lipinski definition) is 3. The van der Waals surface area contributed by atoms with Crippen LogP contribution >= 0.6 is 12.2 Å². The molecule has 2 aromatic rings. The van der Waals surface area contributed by atoms with E-state index >= 15 is 0 Å². The van der Waals surface area contributed by atoms with Gasteiger partial charge in [-0.3, -0.25) is 9.59 Å². The molecule has 0 heterocycles. The fourth-order valence-corrected chi connectivity index (χ4v) is 2.11. The molecule has 0 saturated carbocycles. The Morgan fingerprint density at radius 3 is 2.32 bits per heavy atom. The van der Waals surface area contributed by atoms with Crippen LogP contribution in [-0.4, -0.2) is 16.9 Å². The molecule has 0 fully saturated rings. The van der Waals surface area contributed by atoms with Crippen molar-refractivity contribution >= 4 is 40.5 Å². The molecule has 2 aromatic carbocycles. The van der Waals surface area contributed by atoms with E-state index in [4.69, 9.17) is 12.2 Å². The maximum absolute atomic E-state index is 12.9. The van der Waals surface area contributed by atoms with E-state index in [1.165, 1.54) is 24.3 Å². The van der Waals surface area contributed by atoms with Crippen molar-refractivity contribution in [2.24, 2.45) is 5.92 Å². The molecule has 0 spiro atoms. The highest BCUT2D eigenvalue weighted by atomic mass is 32.1. The molecule has 5 nitrogen and oxygen atoms in total. The van der Waals surface area contributed by atoms with E-state index in [1.807, 2.05) is 0 Å². The van der Waals surface area contributed by atoms with Crippen molar-refractivity contribution in [2.45, 2.75) is 13.8 Å². The molecule has 0 aromatic heterocycles. The maximum Gasteiger partial charge on any atom is 0.255 e.